The van der Waals surface area contributed by atoms with Gasteiger partial charge in [0.2, 0.25) is 0 Å². The number of likely N-dealkylation sites (N-methyl/N-ethyl adjacent to an activating group) is 1. The molecule has 0 aromatic heterocycles. The van der Waals surface area contributed by atoms with Gasteiger partial charge >= 0.3 is 0 Å². The Morgan fingerprint density at radius 1 is 0.952 bits per heavy atom. The molecule has 0 atom stereocenters. The van der Waals surface area contributed by atoms with Gasteiger partial charge in [-0.2, -0.15) is 0 Å². The van der Waals surface area contributed by atoms with E-state index in [9.17, 15) is 0 Å². The Morgan fingerprint density at radius 2 is 1.71 bits per heavy atom. The van der Waals surface area contributed by atoms with Crippen LogP contribution in [-0.2, 0) is 19.4 Å². The van der Waals surface area contributed by atoms with Gasteiger partial charge in [0.25, 0.3) is 0 Å². The second kappa shape index (κ2) is 6.77. The summed E-state index contributed by atoms with van der Waals surface area (Å²) in [6.45, 7) is 6.36. The maximum absolute atomic E-state index is 5.94. The fourth-order valence-electron chi connectivity index (χ4n) is 2.89. The maximum Gasteiger partial charge on any atom is 0.120 e. The maximum atomic E-state index is 5.94. The lowest BCUT2D eigenvalue weighted by Crippen LogP contribution is -2.25. The van der Waals surface area contributed by atoms with Crippen LogP contribution in [0, 0.1) is 0 Å². The second-order valence-electron chi connectivity index (χ2n) is 5.64. The molecule has 0 saturated carbocycles. The van der Waals surface area contributed by atoms with Crippen molar-refractivity contribution in [3.63, 3.8) is 0 Å². The molecule has 0 bridgehead atoms. The average Bonchev–Trinajstić information content (AvgIpc) is 2.75. The Bertz CT molecular complexity index is 579. The minimum atomic E-state index is 0.640. The minimum absolute atomic E-state index is 0.640. The summed E-state index contributed by atoms with van der Waals surface area (Å²) in [5, 5.41) is 0. The molecular weight excluding hydrogens is 258 g/mol. The topological polar surface area (TPSA) is 12.5 Å². The summed E-state index contributed by atoms with van der Waals surface area (Å²) in [5.41, 5.74) is 4.15. The molecule has 1 aliphatic heterocycles. The van der Waals surface area contributed by atoms with Gasteiger partial charge in [-0.25, -0.2) is 0 Å². The molecule has 2 heteroatoms. The Morgan fingerprint density at radius 3 is 2.48 bits per heavy atom. The highest BCUT2D eigenvalue weighted by molar-refractivity contribution is 5.37. The van der Waals surface area contributed by atoms with Gasteiger partial charge in [0.1, 0.15) is 12.4 Å². The molecule has 0 saturated heterocycles. The summed E-state index contributed by atoms with van der Waals surface area (Å²) in [6, 6.07) is 16.9. The van der Waals surface area contributed by atoms with E-state index in [1.54, 1.807) is 0 Å². The molecule has 1 aliphatic rings. The van der Waals surface area contributed by atoms with Crippen molar-refractivity contribution in [1.29, 1.82) is 0 Å². The molecule has 0 aliphatic carbocycles. The molecule has 0 unspecified atom stereocenters. The molecule has 21 heavy (non-hydrogen) atoms. The Kier molecular flexibility index (Phi) is 4.56. The second-order valence-corrected chi connectivity index (χ2v) is 5.64. The predicted octanol–water partition coefficient (Wildman–Crippen LogP) is 3.69. The number of hydrogen-bond acceptors (Lipinski definition) is 2. The zero-order chi connectivity index (χ0) is 14.5. The van der Waals surface area contributed by atoms with Gasteiger partial charge in [-0.1, -0.05) is 43.3 Å². The summed E-state index contributed by atoms with van der Waals surface area (Å²) < 4.78 is 5.94. The lowest BCUT2D eigenvalue weighted by atomic mass is 10.0. The molecule has 3 rings (SSSR count). The highest BCUT2D eigenvalue weighted by Gasteiger charge is 2.13. The number of rotatable bonds is 4. The molecule has 2 nitrogen and oxygen atoms in total. The van der Waals surface area contributed by atoms with Crippen molar-refractivity contribution in [2.75, 3.05) is 19.6 Å². The van der Waals surface area contributed by atoms with Crippen molar-refractivity contribution in [2.45, 2.75) is 26.4 Å². The van der Waals surface area contributed by atoms with Crippen molar-refractivity contribution in [3.8, 4) is 5.75 Å². The molecule has 110 valence electrons. The zero-order valence-electron chi connectivity index (χ0n) is 12.7. The van der Waals surface area contributed by atoms with E-state index >= 15 is 0 Å². The predicted molar refractivity (Wildman–Crippen MR) is 86.7 cm³/mol. The summed E-state index contributed by atoms with van der Waals surface area (Å²) in [4.78, 5) is 2.52. The molecular formula is C19H23NO. The van der Waals surface area contributed by atoms with Crippen molar-refractivity contribution in [2.24, 2.45) is 0 Å². The SMILES string of the molecule is CCN1CCc2ccc(OCc3ccccc3)cc2CC1. The third kappa shape index (κ3) is 3.64. The van der Waals surface area contributed by atoms with Gasteiger partial charge < -0.3 is 9.64 Å². The van der Waals surface area contributed by atoms with Gasteiger partial charge in [-0.15, -0.1) is 0 Å². The molecule has 2 aromatic carbocycles. The van der Waals surface area contributed by atoms with E-state index in [0.29, 0.717) is 6.61 Å². The first-order valence-corrected chi connectivity index (χ1v) is 7.86. The quantitative estimate of drug-likeness (QED) is 0.847. The number of ether oxygens (including phenoxy) is 1. The first kappa shape index (κ1) is 14.2. The fraction of sp³-hybridized carbons (Fsp3) is 0.368. The molecule has 0 radical (unpaired) electrons. The van der Waals surface area contributed by atoms with Crippen LogP contribution < -0.4 is 4.74 Å². The van der Waals surface area contributed by atoms with Gasteiger partial charge in [-0.3, -0.25) is 0 Å². The summed E-state index contributed by atoms with van der Waals surface area (Å²) >= 11 is 0. The van der Waals surface area contributed by atoms with Crippen LogP contribution in [-0.4, -0.2) is 24.5 Å². The molecule has 0 N–H and O–H groups in total. The highest BCUT2D eigenvalue weighted by atomic mass is 16.5. The Balaban J connectivity index is 1.67. The van der Waals surface area contributed by atoms with Crippen LogP contribution >= 0.6 is 0 Å². The lowest BCUT2D eigenvalue weighted by molar-refractivity contribution is 0.302. The van der Waals surface area contributed by atoms with Gasteiger partial charge in [0, 0.05) is 13.1 Å². The van der Waals surface area contributed by atoms with E-state index < -0.39 is 0 Å². The molecule has 0 fully saturated rings. The third-order valence-corrected chi connectivity index (χ3v) is 4.27. The van der Waals surface area contributed by atoms with E-state index in [-0.39, 0.29) is 0 Å². The average molecular weight is 281 g/mol. The van der Waals surface area contributed by atoms with Crippen molar-refractivity contribution in [1.82, 2.24) is 4.90 Å². The van der Waals surface area contributed by atoms with Gasteiger partial charge in [0.15, 0.2) is 0 Å². The standard InChI is InChI=1S/C19H23NO/c1-2-20-12-10-17-8-9-19(14-18(17)11-13-20)21-15-16-6-4-3-5-7-16/h3-9,14H,2,10-13,15H2,1H3. The van der Waals surface area contributed by atoms with Crippen LogP contribution in [0.25, 0.3) is 0 Å². The van der Waals surface area contributed by atoms with E-state index in [1.165, 1.54) is 23.2 Å². The minimum Gasteiger partial charge on any atom is -0.489 e. The molecule has 0 spiro atoms. The third-order valence-electron chi connectivity index (χ3n) is 4.27. The summed E-state index contributed by atoms with van der Waals surface area (Å²) in [6.07, 6.45) is 2.29. The van der Waals surface area contributed by atoms with Crippen molar-refractivity contribution in [3.05, 3.63) is 65.2 Å². The monoisotopic (exact) mass is 281 g/mol. The number of nitrogens with zero attached hydrogens (tertiary/aromatic N) is 1. The highest BCUT2D eigenvalue weighted by Crippen LogP contribution is 2.22. The van der Waals surface area contributed by atoms with Crippen LogP contribution in [0.1, 0.15) is 23.6 Å². The van der Waals surface area contributed by atoms with E-state index in [0.717, 1.165) is 31.7 Å². The van der Waals surface area contributed by atoms with E-state index in [2.05, 4.69) is 54.3 Å². The number of hydrogen-bond donors (Lipinski definition) is 0. The molecule has 2 aromatic rings. The van der Waals surface area contributed by atoms with E-state index in [1.807, 2.05) is 6.07 Å². The van der Waals surface area contributed by atoms with Gasteiger partial charge in [0.05, 0.1) is 0 Å². The summed E-state index contributed by atoms with van der Waals surface area (Å²) in [5.74, 6) is 0.988. The normalized spacial score (nSPS) is 15.3. The van der Waals surface area contributed by atoms with Crippen LogP contribution in [0.15, 0.2) is 48.5 Å². The molecule has 1 heterocycles. The smallest absolute Gasteiger partial charge is 0.120 e. The zero-order valence-corrected chi connectivity index (χ0v) is 12.7. The van der Waals surface area contributed by atoms with Crippen molar-refractivity contribution >= 4 is 0 Å². The number of fused-ring (bicyclic) bond motifs is 1. The molecule has 0 amide bonds. The Hall–Kier alpha value is -1.80. The van der Waals surface area contributed by atoms with Crippen LogP contribution in [0.2, 0.25) is 0 Å². The van der Waals surface area contributed by atoms with Crippen LogP contribution in [0.3, 0.4) is 0 Å². The van der Waals surface area contributed by atoms with E-state index in [4.69, 9.17) is 4.74 Å². The van der Waals surface area contributed by atoms with Crippen LogP contribution in [0.4, 0.5) is 0 Å². The first-order chi connectivity index (χ1) is 10.3. The fourth-order valence-corrected chi connectivity index (χ4v) is 2.89. The van der Waals surface area contributed by atoms with Gasteiger partial charge in [-0.05, 0) is 48.2 Å². The van der Waals surface area contributed by atoms with Crippen molar-refractivity contribution < 1.29 is 4.74 Å². The largest absolute Gasteiger partial charge is 0.489 e. The van der Waals surface area contributed by atoms with Crippen LogP contribution in [0.5, 0.6) is 5.75 Å². The number of benzene rings is 2. The first-order valence-electron chi connectivity index (χ1n) is 7.86. The summed E-state index contributed by atoms with van der Waals surface area (Å²) in [7, 11) is 0. The lowest BCUT2D eigenvalue weighted by Gasteiger charge is -2.16. The Labute approximate surface area is 127 Å².